The van der Waals surface area contributed by atoms with Gasteiger partial charge in [-0.05, 0) is 18.4 Å². The summed E-state index contributed by atoms with van der Waals surface area (Å²) in [4.78, 5) is 31.4. The van der Waals surface area contributed by atoms with Crippen molar-refractivity contribution in [1.82, 2.24) is 10.2 Å². The Balaban J connectivity index is 1.73. The number of rotatable bonds is 11. The SMILES string of the molecule is O=C1NCC(C=CC(O)Cc2ccccc2)N1CCCCCCP(=O)(O)O. The van der Waals surface area contributed by atoms with Gasteiger partial charge in [-0.25, -0.2) is 4.79 Å². The first-order valence-electron chi connectivity index (χ1n) is 9.34. The fourth-order valence-corrected chi connectivity index (χ4v) is 3.76. The van der Waals surface area contributed by atoms with Gasteiger partial charge in [0.05, 0.1) is 12.1 Å². The lowest BCUT2D eigenvalue weighted by atomic mass is 10.1. The predicted octanol–water partition coefficient (Wildman–Crippen LogP) is 2.28. The van der Waals surface area contributed by atoms with Crippen LogP contribution in [0, 0.1) is 0 Å². The van der Waals surface area contributed by atoms with E-state index >= 15 is 0 Å². The molecular weight excluding hydrogens is 367 g/mol. The van der Waals surface area contributed by atoms with Crippen molar-refractivity contribution < 1.29 is 24.3 Å². The Bertz CT molecular complexity index is 661. The van der Waals surface area contributed by atoms with Crippen LogP contribution >= 0.6 is 7.60 Å². The standard InChI is InChI=1S/C19H29N2O5P/c22-18(14-16-8-4-3-5-9-16)11-10-17-15-20-19(23)21(17)12-6-1-2-7-13-27(24,25)26/h3-5,8-11,17-18,22H,1-2,6-7,12-15H2,(H,20,23)(H2,24,25,26). The highest BCUT2D eigenvalue weighted by molar-refractivity contribution is 7.51. The van der Waals surface area contributed by atoms with Gasteiger partial charge in [-0.2, -0.15) is 0 Å². The van der Waals surface area contributed by atoms with Crippen molar-refractivity contribution in [2.75, 3.05) is 19.3 Å². The Morgan fingerprint density at radius 3 is 2.59 bits per heavy atom. The number of amides is 2. The molecule has 0 aliphatic carbocycles. The van der Waals surface area contributed by atoms with Crippen LogP contribution < -0.4 is 5.32 Å². The zero-order valence-electron chi connectivity index (χ0n) is 15.4. The number of hydrogen-bond donors (Lipinski definition) is 4. The van der Waals surface area contributed by atoms with Crippen LogP contribution in [-0.2, 0) is 11.0 Å². The van der Waals surface area contributed by atoms with Crippen LogP contribution in [0.15, 0.2) is 42.5 Å². The molecule has 1 fully saturated rings. The molecule has 1 heterocycles. The highest BCUT2D eigenvalue weighted by atomic mass is 31.2. The topological polar surface area (TPSA) is 110 Å². The number of carbonyl (C=O) groups excluding carboxylic acids is 1. The molecule has 150 valence electrons. The summed E-state index contributed by atoms with van der Waals surface area (Å²) in [6.45, 7) is 1.11. The minimum atomic E-state index is -3.91. The van der Waals surface area contributed by atoms with Gasteiger partial charge < -0.3 is 25.1 Å². The number of carbonyl (C=O) groups is 1. The molecule has 4 N–H and O–H groups in total. The van der Waals surface area contributed by atoms with E-state index in [4.69, 9.17) is 9.79 Å². The van der Waals surface area contributed by atoms with Crippen LogP contribution in [0.2, 0.25) is 0 Å². The number of unbranched alkanes of at least 4 members (excludes halogenated alkanes) is 3. The Hall–Kier alpha value is -1.66. The summed E-state index contributed by atoms with van der Waals surface area (Å²) in [6.07, 6.45) is 6.29. The normalized spacial score (nSPS) is 18.9. The Morgan fingerprint density at radius 1 is 1.19 bits per heavy atom. The van der Waals surface area contributed by atoms with Crippen molar-refractivity contribution >= 4 is 13.6 Å². The van der Waals surface area contributed by atoms with Gasteiger partial charge in [-0.15, -0.1) is 0 Å². The van der Waals surface area contributed by atoms with Crippen molar-refractivity contribution in [2.45, 2.75) is 44.2 Å². The molecule has 1 aliphatic rings. The fourth-order valence-electron chi connectivity index (χ4n) is 3.13. The number of aliphatic hydroxyl groups is 1. The van der Waals surface area contributed by atoms with Crippen molar-refractivity contribution in [1.29, 1.82) is 0 Å². The molecule has 0 aromatic heterocycles. The van der Waals surface area contributed by atoms with Crippen molar-refractivity contribution in [2.24, 2.45) is 0 Å². The molecule has 8 heteroatoms. The third-order valence-corrected chi connectivity index (χ3v) is 5.46. The maximum atomic E-state index is 12.0. The maximum Gasteiger partial charge on any atom is 0.325 e. The third-order valence-electron chi connectivity index (χ3n) is 4.57. The molecule has 7 nitrogen and oxygen atoms in total. The highest BCUT2D eigenvalue weighted by Crippen LogP contribution is 2.35. The number of urea groups is 1. The summed E-state index contributed by atoms with van der Waals surface area (Å²) in [5.74, 6) is 0. The van der Waals surface area contributed by atoms with E-state index < -0.39 is 13.7 Å². The average Bonchev–Trinajstić information content (AvgIpc) is 2.96. The van der Waals surface area contributed by atoms with Crippen molar-refractivity contribution in [3.05, 3.63) is 48.0 Å². The number of nitrogens with zero attached hydrogens (tertiary/aromatic N) is 1. The van der Waals surface area contributed by atoms with E-state index in [1.54, 1.807) is 11.0 Å². The van der Waals surface area contributed by atoms with E-state index in [0.717, 1.165) is 24.8 Å². The number of nitrogens with one attached hydrogen (secondary N) is 1. The second-order valence-electron chi connectivity index (χ2n) is 6.89. The van der Waals surface area contributed by atoms with Crippen molar-refractivity contribution in [3.63, 3.8) is 0 Å². The molecule has 2 unspecified atom stereocenters. The van der Waals surface area contributed by atoms with E-state index in [0.29, 0.717) is 25.9 Å². The van der Waals surface area contributed by atoms with E-state index in [-0.39, 0.29) is 18.2 Å². The van der Waals surface area contributed by atoms with Crippen LogP contribution in [0.1, 0.15) is 31.2 Å². The summed E-state index contributed by atoms with van der Waals surface area (Å²) in [7, 11) is -3.91. The highest BCUT2D eigenvalue weighted by Gasteiger charge is 2.28. The summed E-state index contributed by atoms with van der Waals surface area (Å²) in [5, 5.41) is 13.0. The summed E-state index contributed by atoms with van der Waals surface area (Å²) < 4.78 is 10.8. The third kappa shape index (κ3) is 8.26. The average molecular weight is 396 g/mol. The molecule has 1 saturated heterocycles. The van der Waals surface area contributed by atoms with E-state index in [1.807, 2.05) is 36.4 Å². The van der Waals surface area contributed by atoms with E-state index in [9.17, 15) is 14.5 Å². The lowest BCUT2D eigenvalue weighted by Crippen LogP contribution is -2.34. The van der Waals surface area contributed by atoms with Crippen LogP contribution in [0.5, 0.6) is 0 Å². The molecule has 1 aromatic rings. The first kappa shape index (κ1) is 21.6. The van der Waals surface area contributed by atoms with Gasteiger partial charge in [-0.1, -0.05) is 55.3 Å². The second-order valence-corrected chi connectivity index (χ2v) is 8.67. The fraction of sp³-hybridized carbons (Fsp3) is 0.526. The zero-order valence-corrected chi connectivity index (χ0v) is 16.3. The second kappa shape index (κ2) is 10.6. The maximum absolute atomic E-state index is 12.0. The molecule has 0 bridgehead atoms. The lowest BCUT2D eigenvalue weighted by molar-refractivity contribution is 0.207. The first-order valence-corrected chi connectivity index (χ1v) is 11.1. The van der Waals surface area contributed by atoms with Crippen LogP contribution in [0.25, 0.3) is 0 Å². The lowest BCUT2D eigenvalue weighted by Gasteiger charge is -2.20. The Labute approximate surface area is 160 Å². The van der Waals surface area contributed by atoms with Crippen LogP contribution in [0.3, 0.4) is 0 Å². The number of benzene rings is 1. The van der Waals surface area contributed by atoms with Gasteiger partial charge in [0.15, 0.2) is 0 Å². The Kier molecular flexibility index (Phi) is 8.51. The van der Waals surface area contributed by atoms with E-state index in [1.165, 1.54) is 0 Å². The quantitative estimate of drug-likeness (QED) is 0.261. The van der Waals surface area contributed by atoms with Crippen LogP contribution in [0.4, 0.5) is 4.79 Å². The van der Waals surface area contributed by atoms with Gasteiger partial charge in [0.25, 0.3) is 0 Å². The molecule has 1 aromatic carbocycles. The van der Waals surface area contributed by atoms with Gasteiger partial charge >= 0.3 is 13.6 Å². The number of hydrogen-bond acceptors (Lipinski definition) is 3. The van der Waals surface area contributed by atoms with Crippen LogP contribution in [-0.4, -0.2) is 57.2 Å². The van der Waals surface area contributed by atoms with Gasteiger partial charge in [0.1, 0.15) is 0 Å². The minimum absolute atomic E-state index is 0.0815. The summed E-state index contributed by atoms with van der Waals surface area (Å²) in [5.41, 5.74) is 1.06. The Morgan fingerprint density at radius 2 is 1.89 bits per heavy atom. The predicted molar refractivity (Wildman–Crippen MR) is 105 cm³/mol. The molecule has 0 saturated carbocycles. The molecule has 0 radical (unpaired) electrons. The molecule has 2 atom stereocenters. The molecule has 0 spiro atoms. The monoisotopic (exact) mass is 396 g/mol. The largest absolute Gasteiger partial charge is 0.389 e. The summed E-state index contributed by atoms with van der Waals surface area (Å²) >= 11 is 0. The molecule has 27 heavy (non-hydrogen) atoms. The molecular formula is C19H29N2O5P. The summed E-state index contributed by atoms with van der Waals surface area (Å²) in [6, 6.07) is 9.55. The smallest absolute Gasteiger partial charge is 0.325 e. The first-order chi connectivity index (χ1) is 12.8. The molecule has 1 aliphatic heterocycles. The van der Waals surface area contributed by atoms with Gasteiger partial charge in [0.2, 0.25) is 0 Å². The van der Waals surface area contributed by atoms with Crippen molar-refractivity contribution in [3.8, 4) is 0 Å². The van der Waals surface area contributed by atoms with Gasteiger partial charge in [0, 0.05) is 25.7 Å². The zero-order chi connectivity index (χ0) is 19.7. The molecule has 2 amide bonds. The molecule has 2 rings (SSSR count). The van der Waals surface area contributed by atoms with Gasteiger partial charge in [-0.3, -0.25) is 4.57 Å². The number of aliphatic hydroxyl groups excluding tert-OH is 1. The van der Waals surface area contributed by atoms with E-state index in [2.05, 4.69) is 5.32 Å². The minimum Gasteiger partial charge on any atom is -0.389 e.